The molecule has 0 aromatic carbocycles. The minimum atomic E-state index is 0.582. The van der Waals surface area contributed by atoms with Crippen LogP contribution in [-0.2, 0) is 0 Å². The Bertz CT molecular complexity index is 167. The average Bonchev–Trinajstić information content (AvgIpc) is 2.76. The smallest absolute Gasteiger partial charge is 0.0213 e. The van der Waals surface area contributed by atoms with Crippen LogP contribution >= 0.6 is 0 Å². The summed E-state index contributed by atoms with van der Waals surface area (Å²) in [5.41, 5.74) is 6.34. The van der Waals surface area contributed by atoms with Crippen molar-refractivity contribution in [1.82, 2.24) is 4.90 Å². The van der Waals surface area contributed by atoms with E-state index in [9.17, 15) is 0 Å². The standard InChI is InChI=1S/C11H22N2/c1-10(9-12)13-8-4-7-11(13)5-2-3-6-11/h10H,2-9,12H2,1H3. The van der Waals surface area contributed by atoms with E-state index in [2.05, 4.69) is 11.8 Å². The molecular formula is C11H22N2. The lowest BCUT2D eigenvalue weighted by molar-refractivity contribution is 0.102. The molecule has 1 unspecified atom stereocenters. The molecule has 1 aliphatic heterocycles. The molecule has 2 aliphatic rings. The molecule has 0 aromatic rings. The molecule has 1 atom stereocenters. The predicted octanol–water partition coefficient (Wildman–Crippen LogP) is 1.74. The fraction of sp³-hybridized carbons (Fsp3) is 1.00. The molecule has 1 aliphatic carbocycles. The number of hydrogen-bond donors (Lipinski definition) is 1. The minimum absolute atomic E-state index is 0.582. The third-order valence-electron chi connectivity index (χ3n) is 4.06. The van der Waals surface area contributed by atoms with Crippen LogP contribution in [0.5, 0.6) is 0 Å². The van der Waals surface area contributed by atoms with Crippen molar-refractivity contribution in [3.8, 4) is 0 Å². The Morgan fingerprint density at radius 2 is 1.85 bits per heavy atom. The molecule has 0 radical (unpaired) electrons. The molecule has 1 saturated carbocycles. The molecule has 0 bridgehead atoms. The SMILES string of the molecule is CC(CN)N1CCCC12CCCC2. The molecule has 2 fully saturated rings. The van der Waals surface area contributed by atoms with Crippen molar-refractivity contribution >= 4 is 0 Å². The molecule has 0 aromatic heterocycles. The van der Waals surface area contributed by atoms with Crippen LogP contribution in [-0.4, -0.2) is 29.6 Å². The highest BCUT2D eigenvalue weighted by molar-refractivity contribution is 5.00. The largest absolute Gasteiger partial charge is 0.329 e. The lowest BCUT2D eigenvalue weighted by atomic mass is 9.93. The molecule has 13 heavy (non-hydrogen) atoms. The van der Waals surface area contributed by atoms with Gasteiger partial charge in [-0.1, -0.05) is 12.8 Å². The molecule has 2 nitrogen and oxygen atoms in total. The summed E-state index contributed by atoms with van der Waals surface area (Å²) in [5, 5.41) is 0. The van der Waals surface area contributed by atoms with Crippen LogP contribution in [0.3, 0.4) is 0 Å². The summed E-state index contributed by atoms with van der Waals surface area (Å²) in [7, 11) is 0. The van der Waals surface area contributed by atoms with E-state index < -0.39 is 0 Å². The first kappa shape index (κ1) is 9.47. The van der Waals surface area contributed by atoms with Crippen molar-refractivity contribution in [1.29, 1.82) is 0 Å². The van der Waals surface area contributed by atoms with E-state index in [4.69, 9.17) is 5.73 Å². The quantitative estimate of drug-likeness (QED) is 0.705. The zero-order valence-corrected chi connectivity index (χ0v) is 8.76. The first-order valence-corrected chi connectivity index (χ1v) is 5.75. The van der Waals surface area contributed by atoms with Crippen LogP contribution in [0.1, 0.15) is 45.4 Å². The first-order valence-electron chi connectivity index (χ1n) is 5.75. The number of hydrogen-bond acceptors (Lipinski definition) is 2. The third-order valence-corrected chi connectivity index (χ3v) is 4.06. The van der Waals surface area contributed by atoms with Gasteiger partial charge in [0.2, 0.25) is 0 Å². The van der Waals surface area contributed by atoms with Gasteiger partial charge in [0.15, 0.2) is 0 Å². The summed E-state index contributed by atoms with van der Waals surface area (Å²) in [6.45, 7) is 4.39. The van der Waals surface area contributed by atoms with E-state index in [1.807, 2.05) is 0 Å². The fourth-order valence-corrected chi connectivity index (χ4v) is 3.34. The highest BCUT2D eigenvalue weighted by atomic mass is 15.2. The molecule has 2 N–H and O–H groups in total. The van der Waals surface area contributed by atoms with Gasteiger partial charge in [-0.3, -0.25) is 4.90 Å². The van der Waals surface area contributed by atoms with Crippen molar-refractivity contribution in [2.45, 2.75) is 57.0 Å². The van der Waals surface area contributed by atoms with E-state index in [1.54, 1.807) is 0 Å². The maximum Gasteiger partial charge on any atom is 0.0213 e. The van der Waals surface area contributed by atoms with E-state index in [0.29, 0.717) is 11.6 Å². The maximum atomic E-state index is 5.76. The van der Waals surface area contributed by atoms with Crippen LogP contribution in [0, 0.1) is 0 Å². The monoisotopic (exact) mass is 182 g/mol. The third kappa shape index (κ3) is 1.50. The van der Waals surface area contributed by atoms with Gasteiger partial charge in [-0.15, -0.1) is 0 Å². The number of rotatable bonds is 2. The van der Waals surface area contributed by atoms with Crippen LogP contribution in [0.2, 0.25) is 0 Å². The van der Waals surface area contributed by atoms with Gasteiger partial charge >= 0.3 is 0 Å². The van der Waals surface area contributed by atoms with Crippen LogP contribution < -0.4 is 5.73 Å². The topological polar surface area (TPSA) is 29.3 Å². The van der Waals surface area contributed by atoms with Crippen LogP contribution in [0.15, 0.2) is 0 Å². The molecule has 2 heteroatoms. The van der Waals surface area contributed by atoms with Crippen molar-refractivity contribution in [3.63, 3.8) is 0 Å². The first-order chi connectivity index (χ1) is 6.28. The lowest BCUT2D eigenvalue weighted by Gasteiger charge is -2.39. The van der Waals surface area contributed by atoms with Crippen molar-refractivity contribution in [3.05, 3.63) is 0 Å². The van der Waals surface area contributed by atoms with E-state index >= 15 is 0 Å². The summed E-state index contributed by atoms with van der Waals surface area (Å²) in [5.74, 6) is 0. The second-order valence-corrected chi connectivity index (χ2v) is 4.81. The predicted molar refractivity (Wildman–Crippen MR) is 55.7 cm³/mol. The molecule has 2 rings (SSSR count). The molecule has 0 amide bonds. The van der Waals surface area contributed by atoms with Crippen LogP contribution in [0.25, 0.3) is 0 Å². The zero-order valence-electron chi connectivity index (χ0n) is 8.76. The van der Waals surface area contributed by atoms with Crippen molar-refractivity contribution in [2.75, 3.05) is 13.1 Å². The molecule has 76 valence electrons. The Kier molecular flexibility index (Phi) is 2.61. The Morgan fingerprint density at radius 1 is 1.23 bits per heavy atom. The second-order valence-electron chi connectivity index (χ2n) is 4.81. The van der Waals surface area contributed by atoms with Gasteiger partial charge < -0.3 is 5.73 Å². The van der Waals surface area contributed by atoms with Crippen molar-refractivity contribution < 1.29 is 0 Å². The lowest BCUT2D eigenvalue weighted by Crippen LogP contribution is -2.49. The molecule has 1 saturated heterocycles. The average molecular weight is 182 g/mol. The van der Waals surface area contributed by atoms with Gasteiger partial charge in [0.1, 0.15) is 0 Å². The second kappa shape index (κ2) is 3.58. The Balaban J connectivity index is 2.08. The van der Waals surface area contributed by atoms with Gasteiger partial charge in [-0.2, -0.15) is 0 Å². The summed E-state index contributed by atoms with van der Waals surface area (Å²) in [6.07, 6.45) is 8.55. The highest BCUT2D eigenvalue weighted by Gasteiger charge is 2.44. The van der Waals surface area contributed by atoms with E-state index in [0.717, 1.165) is 6.54 Å². The fourth-order valence-electron chi connectivity index (χ4n) is 3.34. The summed E-state index contributed by atoms with van der Waals surface area (Å²) in [4.78, 5) is 2.69. The van der Waals surface area contributed by atoms with Crippen molar-refractivity contribution in [2.24, 2.45) is 5.73 Å². The minimum Gasteiger partial charge on any atom is -0.329 e. The Hall–Kier alpha value is -0.0800. The molecule has 1 spiro atoms. The van der Waals surface area contributed by atoms with E-state index in [1.165, 1.54) is 45.1 Å². The highest BCUT2D eigenvalue weighted by Crippen LogP contribution is 2.43. The summed E-state index contributed by atoms with van der Waals surface area (Å²) >= 11 is 0. The summed E-state index contributed by atoms with van der Waals surface area (Å²) < 4.78 is 0. The maximum absolute atomic E-state index is 5.76. The Labute approximate surface area is 81.5 Å². The van der Waals surface area contributed by atoms with E-state index in [-0.39, 0.29) is 0 Å². The van der Waals surface area contributed by atoms with Gasteiger partial charge in [0.05, 0.1) is 0 Å². The Morgan fingerprint density at radius 3 is 2.46 bits per heavy atom. The molecular weight excluding hydrogens is 160 g/mol. The van der Waals surface area contributed by atoms with Gasteiger partial charge in [0, 0.05) is 18.1 Å². The van der Waals surface area contributed by atoms with Gasteiger partial charge in [0.25, 0.3) is 0 Å². The van der Waals surface area contributed by atoms with Gasteiger partial charge in [-0.25, -0.2) is 0 Å². The number of nitrogens with two attached hydrogens (primary N) is 1. The number of likely N-dealkylation sites (tertiary alicyclic amines) is 1. The molecule has 1 heterocycles. The number of nitrogens with zero attached hydrogens (tertiary/aromatic N) is 1. The summed E-state index contributed by atoms with van der Waals surface area (Å²) in [6, 6.07) is 0.598. The zero-order chi connectivity index (χ0) is 9.31. The van der Waals surface area contributed by atoms with Crippen LogP contribution in [0.4, 0.5) is 0 Å². The normalized spacial score (nSPS) is 30.0. The van der Waals surface area contributed by atoms with Gasteiger partial charge in [-0.05, 0) is 39.2 Å².